The maximum absolute atomic E-state index is 11.8. The van der Waals surface area contributed by atoms with E-state index in [1.165, 1.54) is 24.3 Å². The predicted molar refractivity (Wildman–Crippen MR) is 73.7 cm³/mol. The number of primary sulfonamides is 1. The summed E-state index contributed by atoms with van der Waals surface area (Å²) in [6, 6.07) is 5.54. The van der Waals surface area contributed by atoms with Crippen LogP contribution in [0.2, 0.25) is 0 Å². The summed E-state index contributed by atoms with van der Waals surface area (Å²) in [5, 5.41) is 7.78. The molecule has 1 aromatic rings. The minimum Gasteiger partial charge on any atom is -0.378 e. The number of nitrogens with two attached hydrogens (primary N) is 1. The zero-order valence-electron chi connectivity index (χ0n) is 11.0. The first-order valence-corrected chi connectivity index (χ1v) is 8.04. The van der Waals surface area contributed by atoms with Gasteiger partial charge in [0.05, 0.1) is 11.0 Å². The van der Waals surface area contributed by atoms with Gasteiger partial charge >= 0.3 is 0 Å². The van der Waals surface area contributed by atoms with Crippen molar-refractivity contribution in [2.45, 2.75) is 30.3 Å². The van der Waals surface area contributed by atoms with Crippen LogP contribution in [-0.4, -0.2) is 33.6 Å². The molecule has 1 fully saturated rings. The van der Waals surface area contributed by atoms with Crippen LogP contribution in [-0.2, 0) is 14.8 Å². The molecule has 0 aromatic heterocycles. The lowest BCUT2D eigenvalue weighted by molar-refractivity contribution is 0.0907. The number of rotatable bonds is 5. The highest BCUT2D eigenvalue weighted by atomic mass is 32.2. The third-order valence-corrected chi connectivity index (χ3v) is 4.15. The Kier molecular flexibility index (Phi) is 4.74. The standard InChI is InChI=1S/C13H18N2O4S/c14-20(17,18)12-5-3-10(4-6-12)13(16)15-8-7-11-2-1-9-19-11/h3-6,11H,1-2,7-9H2,(H,15,16)(H2,14,17,18). The van der Waals surface area contributed by atoms with Crippen molar-refractivity contribution >= 4 is 15.9 Å². The van der Waals surface area contributed by atoms with E-state index in [4.69, 9.17) is 9.88 Å². The van der Waals surface area contributed by atoms with Crippen LogP contribution in [0.1, 0.15) is 29.6 Å². The molecule has 1 unspecified atom stereocenters. The Morgan fingerprint density at radius 3 is 2.60 bits per heavy atom. The van der Waals surface area contributed by atoms with E-state index in [0.29, 0.717) is 12.1 Å². The van der Waals surface area contributed by atoms with Crippen molar-refractivity contribution in [3.05, 3.63) is 29.8 Å². The number of carbonyl (C=O) groups excluding carboxylic acids is 1. The second-order valence-corrected chi connectivity index (χ2v) is 6.31. The number of hydrogen-bond acceptors (Lipinski definition) is 4. The van der Waals surface area contributed by atoms with Gasteiger partial charge in [0.2, 0.25) is 10.0 Å². The fourth-order valence-electron chi connectivity index (χ4n) is 2.12. The molecule has 0 spiro atoms. The smallest absolute Gasteiger partial charge is 0.251 e. The molecule has 2 rings (SSSR count). The Morgan fingerprint density at radius 2 is 2.05 bits per heavy atom. The van der Waals surface area contributed by atoms with Crippen molar-refractivity contribution < 1.29 is 17.9 Å². The Morgan fingerprint density at radius 1 is 1.35 bits per heavy atom. The van der Waals surface area contributed by atoms with Gasteiger partial charge in [-0.05, 0) is 43.5 Å². The quantitative estimate of drug-likeness (QED) is 0.833. The van der Waals surface area contributed by atoms with Gasteiger partial charge in [-0.15, -0.1) is 0 Å². The minimum atomic E-state index is -3.72. The monoisotopic (exact) mass is 298 g/mol. The van der Waals surface area contributed by atoms with Crippen LogP contribution in [0, 0.1) is 0 Å². The zero-order chi connectivity index (χ0) is 14.6. The van der Waals surface area contributed by atoms with Gasteiger partial charge in [0.15, 0.2) is 0 Å². The highest BCUT2D eigenvalue weighted by Gasteiger charge is 2.15. The van der Waals surface area contributed by atoms with Gasteiger partial charge in [0, 0.05) is 18.7 Å². The van der Waals surface area contributed by atoms with Gasteiger partial charge in [-0.1, -0.05) is 0 Å². The van der Waals surface area contributed by atoms with Crippen molar-refractivity contribution in [1.82, 2.24) is 5.32 Å². The highest BCUT2D eigenvalue weighted by molar-refractivity contribution is 7.89. The van der Waals surface area contributed by atoms with E-state index in [9.17, 15) is 13.2 Å². The first kappa shape index (κ1) is 15.0. The average molecular weight is 298 g/mol. The third kappa shape index (κ3) is 4.03. The summed E-state index contributed by atoms with van der Waals surface area (Å²) in [7, 11) is -3.72. The van der Waals surface area contributed by atoms with Crippen molar-refractivity contribution in [3.8, 4) is 0 Å². The van der Waals surface area contributed by atoms with Crippen LogP contribution in [0.15, 0.2) is 29.2 Å². The fraction of sp³-hybridized carbons (Fsp3) is 0.462. The molecular weight excluding hydrogens is 280 g/mol. The lowest BCUT2D eigenvalue weighted by Gasteiger charge is -2.10. The molecule has 1 aliphatic rings. The van der Waals surface area contributed by atoms with E-state index in [-0.39, 0.29) is 16.9 Å². The Balaban J connectivity index is 1.85. The summed E-state index contributed by atoms with van der Waals surface area (Å²) in [6.45, 7) is 1.34. The molecule has 1 heterocycles. The number of sulfonamides is 1. The number of amides is 1. The summed E-state index contributed by atoms with van der Waals surface area (Å²) in [5.41, 5.74) is 0.407. The van der Waals surface area contributed by atoms with Gasteiger partial charge in [-0.2, -0.15) is 0 Å². The summed E-state index contributed by atoms with van der Waals surface area (Å²) in [4.78, 5) is 11.8. The maximum Gasteiger partial charge on any atom is 0.251 e. The molecular formula is C13H18N2O4S. The third-order valence-electron chi connectivity index (χ3n) is 3.22. The first-order valence-electron chi connectivity index (χ1n) is 6.49. The average Bonchev–Trinajstić information content (AvgIpc) is 2.91. The minimum absolute atomic E-state index is 0.00611. The molecule has 0 bridgehead atoms. The van der Waals surface area contributed by atoms with Crippen LogP contribution < -0.4 is 10.5 Å². The van der Waals surface area contributed by atoms with Crippen LogP contribution >= 0.6 is 0 Å². The maximum atomic E-state index is 11.8. The van der Waals surface area contributed by atoms with Crippen molar-refractivity contribution in [2.24, 2.45) is 5.14 Å². The van der Waals surface area contributed by atoms with E-state index in [2.05, 4.69) is 5.32 Å². The highest BCUT2D eigenvalue weighted by Crippen LogP contribution is 2.14. The van der Waals surface area contributed by atoms with Crippen LogP contribution in [0.5, 0.6) is 0 Å². The number of ether oxygens (including phenoxy) is 1. The van der Waals surface area contributed by atoms with E-state index in [1.807, 2.05) is 0 Å². The second-order valence-electron chi connectivity index (χ2n) is 4.75. The number of nitrogens with one attached hydrogen (secondary N) is 1. The molecule has 0 radical (unpaired) electrons. The van der Waals surface area contributed by atoms with Gasteiger partial charge in [-0.25, -0.2) is 13.6 Å². The fourth-order valence-corrected chi connectivity index (χ4v) is 2.63. The Bertz CT molecular complexity index is 563. The summed E-state index contributed by atoms with van der Waals surface area (Å²) in [5.74, 6) is -0.232. The summed E-state index contributed by atoms with van der Waals surface area (Å²) in [6.07, 6.45) is 3.15. The van der Waals surface area contributed by atoms with Gasteiger partial charge in [0.25, 0.3) is 5.91 Å². The normalized spacial score (nSPS) is 18.9. The molecule has 3 N–H and O–H groups in total. The lowest BCUT2D eigenvalue weighted by atomic mass is 10.1. The van der Waals surface area contributed by atoms with Gasteiger partial charge in [0.1, 0.15) is 0 Å². The Hall–Kier alpha value is -1.44. The second kappa shape index (κ2) is 6.34. The van der Waals surface area contributed by atoms with E-state index in [1.54, 1.807) is 0 Å². The molecule has 20 heavy (non-hydrogen) atoms. The topological polar surface area (TPSA) is 98.5 Å². The number of hydrogen-bond donors (Lipinski definition) is 2. The number of carbonyl (C=O) groups is 1. The molecule has 0 aliphatic carbocycles. The SMILES string of the molecule is NS(=O)(=O)c1ccc(C(=O)NCCC2CCCO2)cc1. The molecule has 1 atom stereocenters. The van der Waals surface area contributed by atoms with Crippen molar-refractivity contribution in [2.75, 3.05) is 13.2 Å². The lowest BCUT2D eigenvalue weighted by Crippen LogP contribution is -2.27. The van der Waals surface area contributed by atoms with E-state index < -0.39 is 10.0 Å². The molecule has 1 amide bonds. The Labute approximate surface area is 118 Å². The first-order chi connectivity index (χ1) is 9.47. The van der Waals surface area contributed by atoms with Crippen molar-refractivity contribution in [3.63, 3.8) is 0 Å². The van der Waals surface area contributed by atoms with Crippen LogP contribution in [0.3, 0.4) is 0 Å². The molecule has 1 aliphatic heterocycles. The van der Waals surface area contributed by atoms with E-state index >= 15 is 0 Å². The molecule has 110 valence electrons. The summed E-state index contributed by atoms with van der Waals surface area (Å²) < 4.78 is 27.7. The van der Waals surface area contributed by atoms with Gasteiger partial charge < -0.3 is 10.1 Å². The zero-order valence-corrected chi connectivity index (χ0v) is 11.9. The molecule has 6 nitrogen and oxygen atoms in total. The molecule has 0 saturated carbocycles. The largest absolute Gasteiger partial charge is 0.378 e. The predicted octanol–water partition coefficient (Wildman–Crippen LogP) is 0.633. The molecule has 1 aromatic carbocycles. The summed E-state index contributed by atoms with van der Waals surface area (Å²) >= 11 is 0. The van der Waals surface area contributed by atoms with Crippen LogP contribution in [0.4, 0.5) is 0 Å². The molecule has 1 saturated heterocycles. The van der Waals surface area contributed by atoms with E-state index in [0.717, 1.165) is 25.9 Å². The van der Waals surface area contributed by atoms with Crippen LogP contribution in [0.25, 0.3) is 0 Å². The molecule has 7 heteroatoms. The van der Waals surface area contributed by atoms with Gasteiger partial charge in [-0.3, -0.25) is 4.79 Å². The number of benzene rings is 1. The van der Waals surface area contributed by atoms with Crippen molar-refractivity contribution in [1.29, 1.82) is 0 Å².